The summed E-state index contributed by atoms with van der Waals surface area (Å²) in [5.41, 5.74) is 4.00. The normalized spacial score (nSPS) is 13.8. The van der Waals surface area contributed by atoms with Gasteiger partial charge in [-0.05, 0) is 26.2 Å². The molecule has 1 amide bonds. The molecule has 1 aliphatic heterocycles. The molecule has 110 valence electrons. The highest BCUT2D eigenvalue weighted by Gasteiger charge is 2.30. The second kappa shape index (κ2) is 5.29. The van der Waals surface area contributed by atoms with Crippen LogP contribution in [0, 0.1) is 0 Å². The van der Waals surface area contributed by atoms with Crippen molar-refractivity contribution in [2.45, 2.75) is 19.6 Å². The zero-order chi connectivity index (χ0) is 15.0. The quantitative estimate of drug-likeness (QED) is 0.845. The van der Waals surface area contributed by atoms with Crippen LogP contribution >= 0.6 is 0 Å². The van der Waals surface area contributed by atoms with Crippen LogP contribution in [0.1, 0.15) is 27.3 Å². The van der Waals surface area contributed by atoms with E-state index in [1.165, 1.54) is 5.56 Å². The van der Waals surface area contributed by atoms with Gasteiger partial charge in [0.1, 0.15) is 0 Å². The van der Waals surface area contributed by atoms with Crippen molar-refractivity contribution in [3.05, 3.63) is 47.0 Å². The first-order valence-electron chi connectivity index (χ1n) is 6.94. The Morgan fingerprint density at radius 1 is 1.38 bits per heavy atom. The predicted molar refractivity (Wildman–Crippen MR) is 78.4 cm³/mol. The topological polar surface area (TPSA) is 54.3 Å². The Bertz CT molecular complexity index is 662. The molecule has 0 unspecified atom stereocenters. The van der Waals surface area contributed by atoms with Gasteiger partial charge < -0.3 is 9.80 Å². The number of amides is 1. The summed E-state index contributed by atoms with van der Waals surface area (Å²) in [5.74, 6) is 0.0232. The number of aromatic nitrogens is 3. The fourth-order valence-electron chi connectivity index (χ4n) is 2.71. The van der Waals surface area contributed by atoms with Crippen LogP contribution in [0.2, 0.25) is 0 Å². The molecule has 6 nitrogen and oxygen atoms in total. The molecule has 0 fully saturated rings. The van der Waals surface area contributed by atoms with Crippen LogP contribution in [0.3, 0.4) is 0 Å². The predicted octanol–water partition coefficient (Wildman–Crippen LogP) is 1.03. The maximum atomic E-state index is 12.5. The van der Waals surface area contributed by atoms with E-state index in [1.54, 1.807) is 24.5 Å². The van der Waals surface area contributed by atoms with Crippen LogP contribution in [0.25, 0.3) is 0 Å². The summed E-state index contributed by atoms with van der Waals surface area (Å²) in [6.45, 7) is 2.03. The minimum absolute atomic E-state index is 0.0232. The van der Waals surface area contributed by atoms with Gasteiger partial charge in [0.05, 0.1) is 30.0 Å². The number of nitrogens with zero attached hydrogens (tertiary/aromatic N) is 5. The molecule has 2 aromatic heterocycles. The molecule has 1 aliphatic rings. The largest absolute Gasteiger partial charge is 0.328 e. The fraction of sp³-hybridized carbons (Fsp3) is 0.400. The van der Waals surface area contributed by atoms with Gasteiger partial charge in [0.25, 0.3) is 5.91 Å². The van der Waals surface area contributed by atoms with Crippen molar-refractivity contribution in [3.8, 4) is 0 Å². The molecule has 0 spiro atoms. The number of aryl methyl sites for hydroxylation is 1. The Morgan fingerprint density at radius 2 is 2.19 bits per heavy atom. The van der Waals surface area contributed by atoms with E-state index in [0.717, 1.165) is 17.9 Å². The summed E-state index contributed by atoms with van der Waals surface area (Å²) in [5, 5.41) is 4.56. The van der Waals surface area contributed by atoms with Gasteiger partial charge >= 0.3 is 0 Å². The number of hydrogen-bond acceptors (Lipinski definition) is 4. The lowest BCUT2D eigenvalue weighted by Gasteiger charge is -2.16. The van der Waals surface area contributed by atoms with Gasteiger partial charge in [-0.3, -0.25) is 14.5 Å². The molecule has 0 atom stereocenters. The first kappa shape index (κ1) is 13.8. The van der Waals surface area contributed by atoms with Gasteiger partial charge in [-0.15, -0.1) is 0 Å². The van der Waals surface area contributed by atoms with E-state index < -0.39 is 0 Å². The van der Waals surface area contributed by atoms with Crippen molar-refractivity contribution in [2.75, 3.05) is 14.1 Å². The highest BCUT2D eigenvalue weighted by molar-refractivity contribution is 5.94. The Morgan fingerprint density at radius 3 is 2.86 bits per heavy atom. The Labute approximate surface area is 124 Å². The second-order valence-electron chi connectivity index (χ2n) is 5.64. The lowest BCUT2D eigenvalue weighted by molar-refractivity contribution is 0.0747. The fourth-order valence-corrected chi connectivity index (χ4v) is 2.71. The third kappa shape index (κ3) is 2.54. The smallest absolute Gasteiger partial charge is 0.256 e. The average Bonchev–Trinajstić information content (AvgIpc) is 3.01. The molecule has 6 heteroatoms. The molecule has 0 saturated heterocycles. The number of hydrogen-bond donors (Lipinski definition) is 0. The summed E-state index contributed by atoms with van der Waals surface area (Å²) in [4.78, 5) is 20.5. The van der Waals surface area contributed by atoms with E-state index in [9.17, 15) is 4.79 Å². The van der Waals surface area contributed by atoms with Gasteiger partial charge in [-0.1, -0.05) is 0 Å². The van der Waals surface area contributed by atoms with Gasteiger partial charge in [0, 0.05) is 31.5 Å². The highest BCUT2D eigenvalue weighted by atomic mass is 16.2. The summed E-state index contributed by atoms with van der Waals surface area (Å²) in [6, 6.07) is 3.59. The van der Waals surface area contributed by atoms with E-state index in [4.69, 9.17) is 0 Å². The first-order valence-corrected chi connectivity index (χ1v) is 6.94. The summed E-state index contributed by atoms with van der Waals surface area (Å²) < 4.78 is 1.89. The lowest BCUT2D eigenvalue weighted by atomic mass is 10.2. The molecule has 2 aromatic rings. The zero-order valence-electron chi connectivity index (χ0n) is 12.6. The molecule has 0 N–H and O–H groups in total. The van der Waals surface area contributed by atoms with Crippen LogP contribution in [0.4, 0.5) is 0 Å². The van der Waals surface area contributed by atoms with Crippen LogP contribution in [0.5, 0.6) is 0 Å². The Balaban J connectivity index is 1.83. The van der Waals surface area contributed by atoms with Crippen molar-refractivity contribution in [2.24, 2.45) is 7.05 Å². The lowest BCUT2D eigenvalue weighted by Crippen LogP contribution is -2.26. The van der Waals surface area contributed by atoms with Gasteiger partial charge in [0.2, 0.25) is 0 Å². The van der Waals surface area contributed by atoms with E-state index in [-0.39, 0.29) is 5.91 Å². The van der Waals surface area contributed by atoms with E-state index in [0.29, 0.717) is 18.7 Å². The molecule has 0 saturated carbocycles. The van der Waals surface area contributed by atoms with Crippen LogP contribution in [-0.4, -0.2) is 44.6 Å². The van der Waals surface area contributed by atoms with Crippen molar-refractivity contribution < 1.29 is 4.79 Å². The van der Waals surface area contributed by atoms with E-state index in [1.807, 2.05) is 30.7 Å². The average molecular weight is 285 g/mol. The third-order valence-corrected chi connectivity index (χ3v) is 3.71. The van der Waals surface area contributed by atoms with Crippen LogP contribution in [-0.2, 0) is 26.7 Å². The number of rotatable bonds is 3. The third-order valence-electron chi connectivity index (χ3n) is 3.71. The van der Waals surface area contributed by atoms with Gasteiger partial charge in [0.15, 0.2) is 0 Å². The SMILES string of the molecule is CN(C)Cc1nn(C)c2c1CN(C(=O)c1cccnc1)C2. The molecule has 21 heavy (non-hydrogen) atoms. The zero-order valence-corrected chi connectivity index (χ0v) is 12.6. The Kier molecular flexibility index (Phi) is 3.47. The number of carbonyl (C=O) groups excluding carboxylic acids is 1. The summed E-state index contributed by atoms with van der Waals surface area (Å²) in [6.07, 6.45) is 3.29. The standard InChI is InChI=1S/C15H19N5O/c1-18(2)9-13-12-8-20(10-14(12)19(3)17-13)15(21)11-5-4-6-16-7-11/h4-7H,8-10H2,1-3H3. The molecule has 0 radical (unpaired) electrons. The maximum absolute atomic E-state index is 12.5. The molecular formula is C15H19N5O. The first-order chi connectivity index (χ1) is 10.1. The van der Waals surface area contributed by atoms with Crippen molar-refractivity contribution in [1.29, 1.82) is 0 Å². The molecule has 0 bridgehead atoms. The highest BCUT2D eigenvalue weighted by Crippen LogP contribution is 2.27. The van der Waals surface area contributed by atoms with Crippen LogP contribution in [0.15, 0.2) is 24.5 Å². The molecular weight excluding hydrogens is 266 g/mol. The van der Waals surface area contributed by atoms with Crippen molar-refractivity contribution >= 4 is 5.91 Å². The summed E-state index contributed by atoms with van der Waals surface area (Å²) >= 11 is 0. The van der Waals surface area contributed by atoms with Crippen molar-refractivity contribution in [3.63, 3.8) is 0 Å². The van der Waals surface area contributed by atoms with Crippen LogP contribution < -0.4 is 0 Å². The van der Waals surface area contributed by atoms with Crippen molar-refractivity contribution in [1.82, 2.24) is 24.6 Å². The minimum Gasteiger partial charge on any atom is -0.328 e. The Hall–Kier alpha value is -2.21. The molecule has 0 aromatic carbocycles. The molecule has 3 heterocycles. The van der Waals surface area contributed by atoms with Gasteiger partial charge in [-0.2, -0.15) is 5.10 Å². The number of pyridine rings is 1. The summed E-state index contributed by atoms with van der Waals surface area (Å²) in [7, 11) is 5.99. The molecule has 0 aliphatic carbocycles. The van der Waals surface area contributed by atoms with E-state index in [2.05, 4.69) is 15.0 Å². The monoisotopic (exact) mass is 285 g/mol. The minimum atomic E-state index is 0.0232. The number of fused-ring (bicyclic) bond motifs is 1. The molecule has 3 rings (SSSR count). The number of carbonyl (C=O) groups is 1. The second-order valence-corrected chi connectivity index (χ2v) is 5.64. The van der Waals surface area contributed by atoms with Gasteiger partial charge in [-0.25, -0.2) is 0 Å². The maximum Gasteiger partial charge on any atom is 0.256 e. The van der Waals surface area contributed by atoms with E-state index >= 15 is 0 Å².